The summed E-state index contributed by atoms with van der Waals surface area (Å²) in [5.74, 6) is 0. The highest BCUT2D eigenvalue weighted by molar-refractivity contribution is 5.34. The molecule has 0 N–H and O–H groups in total. The lowest BCUT2D eigenvalue weighted by Crippen LogP contribution is -2.53. The largest absolute Gasteiger partial charge is 0.345 e. The van der Waals surface area contributed by atoms with E-state index in [0.717, 1.165) is 20.1 Å². The molecule has 0 aliphatic rings. The molecule has 0 aliphatic heterocycles. The quantitative estimate of drug-likeness (QED) is 0.715. The van der Waals surface area contributed by atoms with Gasteiger partial charge in [0.2, 0.25) is 0 Å². The second-order valence-electron chi connectivity index (χ2n) is 5.69. The van der Waals surface area contributed by atoms with Crippen LogP contribution in [0.4, 0.5) is 0 Å². The van der Waals surface area contributed by atoms with E-state index in [9.17, 15) is 14.4 Å². The van der Waals surface area contributed by atoms with Gasteiger partial charge in [0.25, 0.3) is 0 Å². The fourth-order valence-corrected chi connectivity index (χ4v) is 2.69. The van der Waals surface area contributed by atoms with Crippen LogP contribution in [0, 0.1) is 0 Å². The fraction of sp³-hybridized carbons (Fsp3) is 0.211. The van der Waals surface area contributed by atoms with E-state index in [4.69, 9.17) is 0 Å². The average molecular weight is 337 g/mol. The van der Waals surface area contributed by atoms with Crippen LogP contribution in [0.25, 0.3) is 11.4 Å². The monoisotopic (exact) mass is 337 g/mol. The van der Waals surface area contributed by atoms with Gasteiger partial charge in [0.1, 0.15) is 0 Å². The lowest BCUT2D eigenvalue weighted by atomic mass is 10.3. The summed E-state index contributed by atoms with van der Waals surface area (Å²) in [6.07, 6.45) is 1.51. The molecule has 3 rings (SSSR count). The first-order valence-electron chi connectivity index (χ1n) is 8.25. The molecule has 0 bridgehead atoms. The number of rotatable bonds is 5. The van der Waals surface area contributed by atoms with Crippen molar-refractivity contribution in [3.8, 4) is 11.4 Å². The third kappa shape index (κ3) is 3.10. The van der Waals surface area contributed by atoms with Gasteiger partial charge in [-0.2, -0.15) is 0 Å². The number of benzene rings is 2. The molecule has 1 heterocycles. The average Bonchev–Trinajstić information content (AvgIpc) is 2.63. The zero-order valence-electron chi connectivity index (χ0n) is 14.0. The maximum absolute atomic E-state index is 13.0. The van der Waals surface area contributed by atoms with Crippen LogP contribution in [0.5, 0.6) is 0 Å². The Morgan fingerprint density at radius 2 is 1.12 bits per heavy atom. The fourth-order valence-electron chi connectivity index (χ4n) is 2.69. The predicted molar refractivity (Wildman–Crippen MR) is 96.8 cm³/mol. The Morgan fingerprint density at radius 1 is 0.680 bits per heavy atom. The summed E-state index contributed by atoms with van der Waals surface area (Å²) >= 11 is 0. The maximum Gasteiger partial charge on any atom is 0.345 e. The standard InChI is InChI=1S/C19H19N3O3/c1-2-3-14-20-17(23)21(15-10-6-4-7-11-15)19(25)22(18(20)24)16-12-8-5-9-13-16/h4-13H,2-3,14H2,1H3. The van der Waals surface area contributed by atoms with Gasteiger partial charge in [-0.25, -0.2) is 28.1 Å². The smallest absolute Gasteiger partial charge is 0.247 e. The Morgan fingerprint density at radius 3 is 1.52 bits per heavy atom. The Kier molecular flexibility index (Phi) is 4.79. The SMILES string of the molecule is CCCCn1c(=O)n(-c2ccccc2)c(=O)n(-c2ccccc2)c1=O. The van der Waals surface area contributed by atoms with Crippen molar-refractivity contribution in [1.82, 2.24) is 13.7 Å². The predicted octanol–water partition coefficient (Wildman–Crippen LogP) is 1.95. The van der Waals surface area contributed by atoms with Crippen LogP contribution in [0.15, 0.2) is 75.0 Å². The van der Waals surface area contributed by atoms with Crippen LogP contribution in [-0.2, 0) is 6.54 Å². The number of aromatic nitrogens is 3. The summed E-state index contributed by atoms with van der Waals surface area (Å²) in [4.78, 5) is 38.6. The molecule has 0 fully saturated rings. The summed E-state index contributed by atoms with van der Waals surface area (Å²) in [6.45, 7) is 2.25. The van der Waals surface area contributed by atoms with Crippen molar-refractivity contribution >= 4 is 0 Å². The Hall–Kier alpha value is -3.15. The van der Waals surface area contributed by atoms with Gasteiger partial charge in [0, 0.05) is 6.54 Å². The minimum Gasteiger partial charge on any atom is -0.247 e. The highest BCUT2D eigenvalue weighted by Crippen LogP contribution is 2.03. The van der Waals surface area contributed by atoms with Crippen molar-refractivity contribution in [3.05, 3.63) is 92.1 Å². The second kappa shape index (κ2) is 7.17. The molecule has 0 aliphatic carbocycles. The highest BCUT2D eigenvalue weighted by Gasteiger charge is 2.17. The Balaban J connectivity index is 2.38. The van der Waals surface area contributed by atoms with Crippen LogP contribution in [0.2, 0.25) is 0 Å². The molecule has 0 saturated heterocycles. The molecule has 0 radical (unpaired) electrons. The Bertz CT molecular complexity index is 954. The van der Waals surface area contributed by atoms with E-state index in [1.807, 2.05) is 6.92 Å². The van der Waals surface area contributed by atoms with Gasteiger partial charge in [-0.1, -0.05) is 49.7 Å². The van der Waals surface area contributed by atoms with Crippen LogP contribution in [0.1, 0.15) is 19.8 Å². The summed E-state index contributed by atoms with van der Waals surface area (Å²) < 4.78 is 3.22. The number of hydrogen-bond donors (Lipinski definition) is 0. The van der Waals surface area contributed by atoms with Gasteiger partial charge in [0.15, 0.2) is 0 Å². The molecule has 0 amide bonds. The van der Waals surface area contributed by atoms with Gasteiger partial charge in [-0.15, -0.1) is 0 Å². The van der Waals surface area contributed by atoms with E-state index in [1.165, 1.54) is 0 Å². The first-order chi connectivity index (χ1) is 12.1. The molecule has 3 aromatic rings. The molecule has 0 atom stereocenters. The van der Waals surface area contributed by atoms with Gasteiger partial charge in [0.05, 0.1) is 11.4 Å². The minimum atomic E-state index is -0.667. The van der Waals surface area contributed by atoms with Crippen molar-refractivity contribution in [2.45, 2.75) is 26.3 Å². The molecular formula is C19H19N3O3. The molecular weight excluding hydrogens is 318 g/mol. The van der Waals surface area contributed by atoms with Crippen LogP contribution in [0.3, 0.4) is 0 Å². The summed E-state index contributed by atoms with van der Waals surface area (Å²) in [5, 5.41) is 0. The van der Waals surface area contributed by atoms with Crippen molar-refractivity contribution in [2.75, 3.05) is 0 Å². The first-order valence-corrected chi connectivity index (χ1v) is 8.25. The second-order valence-corrected chi connectivity index (χ2v) is 5.69. The van der Waals surface area contributed by atoms with Crippen molar-refractivity contribution in [1.29, 1.82) is 0 Å². The molecule has 1 aromatic heterocycles. The molecule has 2 aromatic carbocycles. The normalized spacial score (nSPS) is 10.8. The van der Waals surface area contributed by atoms with Gasteiger partial charge < -0.3 is 0 Å². The van der Waals surface area contributed by atoms with Gasteiger partial charge in [-0.3, -0.25) is 0 Å². The lowest BCUT2D eigenvalue weighted by molar-refractivity contribution is 0.522. The molecule has 25 heavy (non-hydrogen) atoms. The number of para-hydroxylation sites is 2. The van der Waals surface area contributed by atoms with E-state index in [0.29, 0.717) is 17.8 Å². The lowest BCUT2D eigenvalue weighted by Gasteiger charge is -2.13. The molecule has 6 heteroatoms. The van der Waals surface area contributed by atoms with E-state index in [1.54, 1.807) is 60.7 Å². The molecule has 0 unspecified atom stereocenters. The van der Waals surface area contributed by atoms with E-state index < -0.39 is 17.1 Å². The third-order valence-corrected chi connectivity index (χ3v) is 3.99. The van der Waals surface area contributed by atoms with Crippen molar-refractivity contribution in [3.63, 3.8) is 0 Å². The summed E-state index contributed by atoms with van der Waals surface area (Å²) in [6, 6.07) is 17.3. The van der Waals surface area contributed by atoms with Gasteiger partial charge >= 0.3 is 17.1 Å². The summed E-state index contributed by atoms with van der Waals surface area (Å²) in [7, 11) is 0. The first kappa shape index (κ1) is 16.7. The number of hydrogen-bond acceptors (Lipinski definition) is 3. The van der Waals surface area contributed by atoms with Gasteiger partial charge in [-0.05, 0) is 30.7 Å². The Labute approximate surface area is 144 Å². The van der Waals surface area contributed by atoms with E-state index in [2.05, 4.69) is 0 Å². The molecule has 0 saturated carbocycles. The molecule has 0 spiro atoms. The van der Waals surface area contributed by atoms with Crippen LogP contribution >= 0.6 is 0 Å². The minimum absolute atomic E-state index is 0.272. The summed E-state index contributed by atoms with van der Waals surface area (Å²) in [5.41, 5.74) is -1.01. The molecule has 128 valence electrons. The zero-order valence-corrected chi connectivity index (χ0v) is 14.0. The van der Waals surface area contributed by atoms with Crippen LogP contribution < -0.4 is 17.1 Å². The number of nitrogens with zero attached hydrogens (tertiary/aromatic N) is 3. The molecule has 6 nitrogen and oxygen atoms in total. The van der Waals surface area contributed by atoms with Crippen molar-refractivity contribution in [2.24, 2.45) is 0 Å². The van der Waals surface area contributed by atoms with E-state index >= 15 is 0 Å². The maximum atomic E-state index is 13.0. The number of unbranched alkanes of at least 4 members (excludes halogenated alkanes) is 1. The zero-order chi connectivity index (χ0) is 17.8. The third-order valence-electron chi connectivity index (χ3n) is 3.99. The topological polar surface area (TPSA) is 66.0 Å². The van der Waals surface area contributed by atoms with E-state index in [-0.39, 0.29) is 6.54 Å². The van der Waals surface area contributed by atoms with Crippen LogP contribution in [-0.4, -0.2) is 13.7 Å². The van der Waals surface area contributed by atoms with Crippen molar-refractivity contribution < 1.29 is 0 Å². The highest BCUT2D eigenvalue weighted by atomic mass is 16.2.